The van der Waals surface area contributed by atoms with E-state index in [-0.39, 0.29) is 43.1 Å². The molecule has 0 atom stereocenters. The highest BCUT2D eigenvalue weighted by molar-refractivity contribution is 5.86. The Balaban J connectivity index is -0.000000120. The first kappa shape index (κ1) is 16.1. The molecule has 3 nitrogen and oxygen atoms in total. The second kappa shape index (κ2) is 8.30. The van der Waals surface area contributed by atoms with Gasteiger partial charge < -0.3 is 5.32 Å². The highest BCUT2D eigenvalue weighted by Crippen LogP contribution is 1.67. The van der Waals surface area contributed by atoms with Gasteiger partial charge in [-0.3, -0.25) is 10.1 Å². The summed E-state index contributed by atoms with van der Waals surface area (Å²) in [6.45, 7) is 1.12. The third-order valence-electron chi connectivity index (χ3n) is 0.696. The average molecular weight is 195 g/mol. The number of amides is 1. The molecule has 0 radical (unpaired) electrons. The predicted octanol–water partition coefficient (Wildman–Crippen LogP) is -0.0713. The molecular formula is C3H9Cl3N2O. The maximum atomic E-state index is 10.1. The van der Waals surface area contributed by atoms with E-state index in [0.29, 0.717) is 13.2 Å². The Kier molecular flexibility index (Phi) is 14.9. The van der Waals surface area contributed by atoms with Crippen LogP contribution in [0.15, 0.2) is 0 Å². The number of hydrogen-bond acceptors (Lipinski definition) is 2. The molecular weight excluding hydrogens is 186 g/mol. The van der Waals surface area contributed by atoms with Gasteiger partial charge in [-0.15, -0.1) is 37.2 Å². The maximum absolute atomic E-state index is 10.1. The Bertz CT molecular complexity index is 71.5. The fraction of sp³-hybridized carbons (Fsp3) is 0.667. The van der Waals surface area contributed by atoms with Crippen molar-refractivity contribution < 1.29 is 4.79 Å². The van der Waals surface area contributed by atoms with Gasteiger partial charge in [0.15, 0.2) is 0 Å². The van der Waals surface area contributed by atoms with E-state index in [4.69, 9.17) is 0 Å². The van der Waals surface area contributed by atoms with Gasteiger partial charge in [0, 0.05) is 0 Å². The van der Waals surface area contributed by atoms with Gasteiger partial charge in [-0.2, -0.15) is 0 Å². The van der Waals surface area contributed by atoms with Crippen LogP contribution in [0.4, 0.5) is 0 Å². The highest BCUT2D eigenvalue weighted by Gasteiger charge is 2.03. The topological polar surface area (TPSA) is 41.1 Å². The van der Waals surface area contributed by atoms with Crippen LogP contribution in [0.5, 0.6) is 0 Å². The van der Waals surface area contributed by atoms with Crippen LogP contribution < -0.4 is 10.6 Å². The van der Waals surface area contributed by atoms with E-state index in [1.165, 1.54) is 0 Å². The monoisotopic (exact) mass is 194 g/mol. The largest absolute Gasteiger partial charge is 0.342 e. The number of nitrogens with one attached hydrogen (secondary N) is 2. The van der Waals surface area contributed by atoms with Crippen LogP contribution in [0, 0.1) is 0 Å². The Labute approximate surface area is 72.2 Å². The Morgan fingerprint density at radius 1 is 1.22 bits per heavy atom. The molecule has 0 spiro atoms. The molecule has 1 amide bonds. The molecule has 1 aliphatic heterocycles. The summed E-state index contributed by atoms with van der Waals surface area (Å²) in [6, 6.07) is 0. The zero-order valence-electron chi connectivity index (χ0n) is 4.55. The molecule has 0 aliphatic carbocycles. The molecule has 0 unspecified atom stereocenters. The van der Waals surface area contributed by atoms with Crippen LogP contribution in [0.1, 0.15) is 0 Å². The molecule has 58 valence electrons. The minimum Gasteiger partial charge on any atom is -0.342 e. The molecule has 0 aromatic carbocycles. The molecule has 1 fully saturated rings. The van der Waals surface area contributed by atoms with Crippen molar-refractivity contribution in [2.45, 2.75) is 0 Å². The summed E-state index contributed by atoms with van der Waals surface area (Å²) in [5, 5.41) is 5.38. The normalized spacial score (nSPS) is 14.0. The van der Waals surface area contributed by atoms with E-state index >= 15 is 0 Å². The van der Waals surface area contributed by atoms with Crippen LogP contribution in [-0.4, -0.2) is 19.1 Å². The standard InChI is InChI=1S/C3H6N2O.3ClH/c6-3-1-4-2-5-3;;;/h4H,1-2H2,(H,5,6);3*1H. The van der Waals surface area contributed by atoms with Gasteiger partial charge in [-0.05, 0) is 0 Å². The summed E-state index contributed by atoms with van der Waals surface area (Å²) in [7, 11) is 0. The summed E-state index contributed by atoms with van der Waals surface area (Å²) < 4.78 is 0. The van der Waals surface area contributed by atoms with Crippen molar-refractivity contribution in [2.24, 2.45) is 0 Å². The summed E-state index contributed by atoms with van der Waals surface area (Å²) in [5.41, 5.74) is 0. The molecule has 0 aromatic heterocycles. The van der Waals surface area contributed by atoms with Crippen molar-refractivity contribution in [3.05, 3.63) is 0 Å². The van der Waals surface area contributed by atoms with Crippen molar-refractivity contribution in [3.8, 4) is 0 Å². The Morgan fingerprint density at radius 3 is 1.89 bits per heavy atom. The highest BCUT2D eigenvalue weighted by atomic mass is 35.5. The second-order valence-electron chi connectivity index (χ2n) is 1.20. The lowest BCUT2D eigenvalue weighted by atomic mass is 10.7. The van der Waals surface area contributed by atoms with Crippen molar-refractivity contribution in [1.82, 2.24) is 10.6 Å². The molecule has 9 heavy (non-hydrogen) atoms. The smallest absolute Gasteiger partial charge is 0.235 e. The van der Waals surface area contributed by atoms with Crippen LogP contribution in [0.2, 0.25) is 0 Å². The third-order valence-corrected chi connectivity index (χ3v) is 0.696. The fourth-order valence-corrected chi connectivity index (χ4v) is 0.400. The van der Waals surface area contributed by atoms with Crippen LogP contribution in [-0.2, 0) is 4.79 Å². The first-order chi connectivity index (χ1) is 2.89. The van der Waals surface area contributed by atoms with E-state index in [0.717, 1.165) is 0 Å². The molecule has 1 heterocycles. The number of rotatable bonds is 0. The summed E-state index contributed by atoms with van der Waals surface area (Å²) in [6.07, 6.45) is 0. The van der Waals surface area contributed by atoms with Gasteiger partial charge in [0.05, 0.1) is 13.2 Å². The number of halogens is 3. The van der Waals surface area contributed by atoms with Gasteiger partial charge in [0.2, 0.25) is 5.91 Å². The lowest BCUT2D eigenvalue weighted by Crippen LogP contribution is -2.14. The predicted molar refractivity (Wildman–Crippen MR) is 42.8 cm³/mol. The van der Waals surface area contributed by atoms with E-state index < -0.39 is 0 Å². The van der Waals surface area contributed by atoms with Gasteiger partial charge >= 0.3 is 0 Å². The molecule has 6 heteroatoms. The van der Waals surface area contributed by atoms with Gasteiger partial charge in [-0.25, -0.2) is 0 Å². The average Bonchev–Trinajstić information content (AvgIpc) is 1.86. The Hall–Kier alpha value is 0.300. The number of hydrogen-bond donors (Lipinski definition) is 2. The Morgan fingerprint density at radius 2 is 1.78 bits per heavy atom. The van der Waals surface area contributed by atoms with Gasteiger partial charge in [-0.1, -0.05) is 0 Å². The summed E-state index contributed by atoms with van der Waals surface area (Å²) in [4.78, 5) is 10.1. The summed E-state index contributed by atoms with van der Waals surface area (Å²) >= 11 is 0. The molecule has 2 N–H and O–H groups in total. The van der Waals surface area contributed by atoms with E-state index in [2.05, 4.69) is 10.6 Å². The summed E-state index contributed by atoms with van der Waals surface area (Å²) in [5.74, 6) is 0.0926. The minimum absolute atomic E-state index is 0. The van der Waals surface area contributed by atoms with Gasteiger partial charge in [0.25, 0.3) is 0 Å². The lowest BCUT2D eigenvalue weighted by molar-refractivity contribution is -0.118. The molecule has 1 aliphatic rings. The SMILES string of the molecule is Cl.Cl.Cl.O=C1CNCN1. The maximum Gasteiger partial charge on any atom is 0.235 e. The third kappa shape index (κ3) is 6.18. The van der Waals surface area contributed by atoms with E-state index in [1.54, 1.807) is 0 Å². The molecule has 1 rings (SSSR count). The quantitative estimate of drug-likeness (QED) is 0.568. The minimum atomic E-state index is 0. The van der Waals surface area contributed by atoms with Crippen molar-refractivity contribution >= 4 is 43.1 Å². The van der Waals surface area contributed by atoms with Crippen molar-refractivity contribution in [2.75, 3.05) is 13.2 Å². The number of carbonyl (C=O) groups is 1. The van der Waals surface area contributed by atoms with Crippen LogP contribution in [0.25, 0.3) is 0 Å². The second-order valence-corrected chi connectivity index (χ2v) is 1.20. The number of carbonyl (C=O) groups excluding carboxylic acids is 1. The fourth-order valence-electron chi connectivity index (χ4n) is 0.400. The molecule has 0 aromatic rings. The van der Waals surface area contributed by atoms with Crippen molar-refractivity contribution in [3.63, 3.8) is 0 Å². The van der Waals surface area contributed by atoms with E-state index in [9.17, 15) is 4.79 Å². The molecule has 0 bridgehead atoms. The molecule has 0 saturated carbocycles. The van der Waals surface area contributed by atoms with Crippen molar-refractivity contribution in [1.29, 1.82) is 0 Å². The lowest BCUT2D eigenvalue weighted by Gasteiger charge is -1.78. The first-order valence-corrected chi connectivity index (χ1v) is 1.87. The zero-order valence-corrected chi connectivity index (χ0v) is 7.00. The van der Waals surface area contributed by atoms with Crippen LogP contribution in [0.3, 0.4) is 0 Å². The van der Waals surface area contributed by atoms with E-state index in [1.807, 2.05) is 0 Å². The zero-order chi connectivity index (χ0) is 4.41. The first-order valence-electron chi connectivity index (χ1n) is 1.87. The van der Waals surface area contributed by atoms with Crippen LogP contribution >= 0.6 is 37.2 Å². The molecule has 1 saturated heterocycles. The van der Waals surface area contributed by atoms with Gasteiger partial charge in [0.1, 0.15) is 0 Å².